The van der Waals surface area contributed by atoms with Gasteiger partial charge in [0.15, 0.2) is 0 Å². The van der Waals surface area contributed by atoms with Crippen LogP contribution < -0.4 is 5.73 Å². The summed E-state index contributed by atoms with van der Waals surface area (Å²) >= 11 is 1.12. The average Bonchev–Trinajstić information content (AvgIpc) is 2.41. The molecule has 1 rings (SSSR count). The molecular formula is C13H20F3NOS. The summed E-state index contributed by atoms with van der Waals surface area (Å²) in [6.45, 7) is 8.00. The van der Waals surface area contributed by atoms with E-state index in [9.17, 15) is 18.0 Å². The van der Waals surface area contributed by atoms with Gasteiger partial charge in [-0.1, -0.05) is 27.7 Å². The van der Waals surface area contributed by atoms with Gasteiger partial charge in [-0.15, -0.1) is 11.8 Å². The van der Waals surface area contributed by atoms with Crippen molar-refractivity contribution < 1.29 is 18.0 Å². The average molecular weight is 295 g/mol. The highest BCUT2D eigenvalue weighted by molar-refractivity contribution is 7.98. The van der Waals surface area contributed by atoms with E-state index in [0.29, 0.717) is 4.90 Å². The van der Waals surface area contributed by atoms with E-state index in [1.165, 1.54) is 6.07 Å². The molecule has 0 saturated carbocycles. The first-order chi connectivity index (χ1) is 8.84. The molecule has 0 atom stereocenters. The Labute approximate surface area is 116 Å². The molecule has 2 nitrogen and oxygen atoms in total. The zero-order valence-electron chi connectivity index (χ0n) is 11.8. The summed E-state index contributed by atoms with van der Waals surface area (Å²) in [6.07, 6.45) is -2.84. The molecule has 2 N–H and O–H groups in total. The van der Waals surface area contributed by atoms with Gasteiger partial charge in [0.1, 0.15) is 0 Å². The second-order valence-electron chi connectivity index (χ2n) is 2.81. The molecule has 0 heterocycles. The number of hydrogen-bond acceptors (Lipinski definition) is 2. The van der Waals surface area contributed by atoms with E-state index >= 15 is 0 Å². The zero-order valence-corrected chi connectivity index (χ0v) is 12.6. The number of benzene rings is 1. The number of amides is 1. The van der Waals surface area contributed by atoms with Crippen molar-refractivity contribution in [3.63, 3.8) is 0 Å². The number of carbonyl (C=O) groups excluding carboxylic acids is 1. The summed E-state index contributed by atoms with van der Waals surface area (Å²) in [5.41, 5.74) is 3.95. The standard InChI is InChI=1S/C9H8F3NOS.2C2H6/c1-15-7-3-5(8(13)14)2-6(4-7)9(10,11)12;2*1-2/h2-4H,1H3,(H2,13,14);2*1-2H3. The van der Waals surface area contributed by atoms with Crippen molar-refractivity contribution in [3.05, 3.63) is 29.3 Å². The minimum atomic E-state index is -4.46. The van der Waals surface area contributed by atoms with E-state index in [0.717, 1.165) is 23.9 Å². The quantitative estimate of drug-likeness (QED) is 0.812. The van der Waals surface area contributed by atoms with Crippen LogP contribution in [0.3, 0.4) is 0 Å². The predicted octanol–water partition coefficient (Wildman–Crippen LogP) is 4.58. The highest BCUT2D eigenvalue weighted by Crippen LogP contribution is 2.32. The Hall–Kier alpha value is -1.17. The second kappa shape index (κ2) is 9.72. The normalized spacial score (nSPS) is 9.68. The van der Waals surface area contributed by atoms with Crippen molar-refractivity contribution in [2.45, 2.75) is 38.8 Å². The van der Waals surface area contributed by atoms with Gasteiger partial charge in [-0.05, 0) is 24.5 Å². The maximum absolute atomic E-state index is 12.4. The van der Waals surface area contributed by atoms with E-state index in [4.69, 9.17) is 5.73 Å². The third kappa shape index (κ3) is 7.10. The third-order valence-corrected chi connectivity index (χ3v) is 2.46. The smallest absolute Gasteiger partial charge is 0.366 e. The van der Waals surface area contributed by atoms with Crippen molar-refractivity contribution in [2.75, 3.05) is 6.26 Å². The van der Waals surface area contributed by atoms with Gasteiger partial charge < -0.3 is 5.73 Å². The van der Waals surface area contributed by atoms with Crippen LogP contribution in [0.15, 0.2) is 23.1 Å². The van der Waals surface area contributed by atoms with Gasteiger partial charge in [0.05, 0.1) is 5.56 Å². The summed E-state index contributed by atoms with van der Waals surface area (Å²) in [6, 6.07) is 3.07. The monoisotopic (exact) mass is 295 g/mol. The fraction of sp³-hybridized carbons (Fsp3) is 0.462. The number of alkyl halides is 3. The molecule has 0 saturated heterocycles. The number of hydrogen-bond donors (Lipinski definition) is 1. The highest BCUT2D eigenvalue weighted by atomic mass is 32.2. The molecule has 19 heavy (non-hydrogen) atoms. The number of rotatable bonds is 2. The van der Waals surface area contributed by atoms with Crippen LogP contribution >= 0.6 is 11.8 Å². The molecule has 0 aromatic heterocycles. The van der Waals surface area contributed by atoms with Crippen LogP contribution in [0.4, 0.5) is 13.2 Å². The Morgan fingerprint density at radius 3 is 1.89 bits per heavy atom. The van der Waals surface area contributed by atoms with Crippen molar-refractivity contribution >= 4 is 17.7 Å². The summed E-state index contributed by atoms with van der Waals surface area (Å²) in [7, 11) is 0. The second-order valence-corrected chi connectivity index (χ2v) is 3.69. The molecule has 0 fully saturated rings. The minimum Gasteiger partial charge on any atom is -0.366 e. The fourth-order valence-corrected chi connectivity index (χ4v) is 1.51. The molecule has 0 radical (unpaired) electrons. The molecule has 0 unspecified atom stereocenters. The highest BCUT2D eigenvalue weighted by Gasteiger charge is 2.31. The van der Waals surface area contributed by atoms with Crippen LogP contribution in [0.5, 0.6) is 0 Å². The Morgan fingerprint density at radius 1 is 1.11 bits per heavy atom. The van der Waals surface area contributed by atoms with E-state index in [-0.39, 0.29) is 5.56 Å². The summed E-state index contributed by atoms with van der Waals surface area (Å²) in [5.74, 6) is -0.864. The first-order valence-corrected chi connectivity index (χ1v) is 7.13. The van der Waals surface area contributed by atoms with Gasteiger partial charge in [0, 0.05) is 10.5 Å². The predicted molar refractivity (Wildman–Crippen MR) is 74.4 cm³/mol. The molecule has 1 aromatic rings. The van der Waals surface area contributed by atoms with Gasteiger partial charge in [-0.3, -0.25) is 4.79 Å². The number of primary amides is 1. The minimum absolute atomic E-state index is 0.130. The van der Waals surface area contributed by atoms with Gasteiger partial charge in [-0.25, -0.2) is 0 Å². The number of nitrogens with two attached hydrogens (primary N) is 1. The Balaban J connectivity index is 0. The van der Waals surface area contributed by atoms with Gasteiger partial charge in [0.25, 0.3) is 0 Å². The first kappa shape index (κ1) is 20.2. The van der Waals surface area contributed by atoms with Gasteiger partial charge in [0.2, 0.25) is 5.91 Å². The lowest BCUT2D eigenvalue weighted by atomic mass is 10.1. The lowest BCUT2D eigenvalue weighted by molar-refractivity contribution is -0.137. The Bertz CT molecular complexity index is 392. The molecule has 6 heteroatoms. The maximum Gasteiger partial charge on any atom is 0.416 e. The van der Waals surface area contributed by atoms with Crippen LogP contribution in [-0.4, -0.2) is 12.2 Å². The Kier molecular flexibility index (Phi) is 10.3. The van der Waals surface area contributed by atoms with Crippen LogP contribution in [-0.2, 0) is 6.18 Å². The molecule has 0 aliphatic rings. The summed E-state index contributed by atoms with van der Waals surface area (Å²) in [5, 5.41) is 0. The lowest BCUT2D eigenvalue weighted by Gasteiger charge is -2.09. The van der Waals surface area contributed by atoms with Gasteiger partial charge in [-0.2, -0.15) is 13.2 Å². The van der Waals surface area contributed by atoms with E-state index < -0.39 is 17.6 Å². The Morgan fingerprint density at radius 2 is 1.58 bits per heavy atom. The number of halogens is 3. The SMILES string of the molecule is CC.CC.CSc1cc(C(N)=O)cc(C(F)(F)F)c1. The van der Waals surface area contributed by atoms with Crippen molar-refractivity contribution in [2.24, 2.45) is 5.73 Å². The van der Waals surface area contributed by atoms with E-state index in [2.05, 4.69) is 0 Å². The summed E-state index contributed by atoms with van der Waals surface area (Å²) < 4.78 is 37.2. The molecule has 1 aromatic carbocycles. The zero-order chi connectivity index (χ0) is 15.6. The van der Waals surface area contributed by atoms with Crippen LogP contribution in [0, 0.1) is 0 Å². The molecule has 1 amide bonds. The van der Waals surface area contributed by atoms with E-state index in [1.807, 2.05) is 27.7 Å². The van der Waals surface area contributed by atoms with Crippen molar-refractivity contribution in [1.29, 1.82) is 0 Å². The van der Waals surface area contributed by atoms with Crippen LogP contribution in [0.25, 0.3) is 0 Å². The largest absolute Gasteiger partial charge is 0.416 e. The lowest BCUT2D eigenvalue weighted by Crippen LogP contribution is -2.13. The topological polar surface area (TPSA) is 43.1 Å². The molecule has 0 spiro atoms. The van der Waals surface area contributed by atoms with Gasteiger partial charge >= 0.3 is 6.18 Å². The molecule has 110 valence electrons. The maximum atomic E-state index is 12.4. The first-order valence-electron chi connectivity index (χ1n) is 5.90. The number of thioether (sulfide) groups is 1. The van der Waals surface area contributed by atoms with Crippen LogP contribution in [0.2, 0.25) is 0 Å². The van der Waals surface area contributed by atoms with E-state index in [1.54, 1.807) is 6.26 Å². The van der Waals surface area contributed by atoms with Crippen molar-refractivity contribution in [3.8, 4) is 0 Å². The van der Waals surface area contributed by atoms with Crippen LogP contribution in [0.1, 0.15) is 43.6 Å². The molecular weight excluding hydrogens is 275 g/mol. The van der Waals surface area contributed by atoms with Crippen molar-refractivity contribution in [1.82, 2.24) is 0 Å². The molecule has 0 aliphatic carbocycles. The third-order valence-electron chi connectivity index (χ3n) is 1.75. The number of carbonyl (C=O) groups is 1. The summed E-state index contributed by atoms with van der Waals surface area (Å²) in [4.78, 5) is 11.2. The molecule has 0 bridgehead atoms. The molecule has 0 aliphatic heterocycles. The fourth-order valence-electron chi connectivity index (χ4n) is 1.02.